The molecule has 0 saturated carbocycles. The lowest BCUT2D eigenvalue weighted by Crippen LogP contribution is -2.26. The molecule has 1 aliphatic rings. The number of hydrogen-bond acceptors (Lipinski definition) is 8. The van der Waals surface area contributed by atoms with E-state index in [9.17, 15) is 4.79 Å². The predicted octanol–water partition coefficient (Wildman–Crippen LogP) is 0.748. The fourth-order valence-electron chi connectivity index (χ4n) is 1.72. The third kappa shape index (κ3) is 13.9. The number of carbonyl (C=O) groups excluding carboxylic acids is 1. The van der Waals surface area contributed by atoms with E-state index in [1.165, 1.54) is 11.8 Å². The lowest BCUT2D eigenvalue weighted by Gasteiger charge is -2.17. The van der Waals surface area contributed by atoms with Crippen LogP contribution >= 0.6 is 11.8 Å². The quantitative estimate of drug-likeness (QED) is 0.721. The van der Waals surface area contributed by atoms with Crippen LogP contribution in [0.3, 0.4) is 0 Å². The normalized spacial score (nSPS) is 24.5. The highest BCUT2D eigenvalue weighted by Crippen LogP contribution is 2.07. The molecule has 0 aromatic heterocycles. The van der Waals surface area contributed by atoms with Crippen LogP contribution in [-0.2, 0) is 33.2 Å². The van der Waals surface area contributed by atoms with Gasteiger partial charge in [-0.15, -0.1) is 0 Å². The lowest BCUT2D eigenvalue weighted by atomic mass is 10.4. The highest BCUT2D eigenvalue weighted by molar-refractivity contribution is 8.13. The molecule has 1 rings (SSSR count). The van der Waals surface area contributed by atoms with Crippen molar-refractivity contribution in [1.29, 1.82) is 0 Å². The summed E-state index contributed by atoms with van der Waals surface area (Å²) in [7, 11) is 0. The third-order valence-corrected chi connectivity index (χ3v) is 3.79. The van der Waals surface area contributed by atoms with Crippen LogP contribution in [0.25, 0.3) is 0 Å². The second kappa shape index (κ2) is 15.3. The largest absolute Gasteiger partial charge is 0.377 e. The third-order valence-electron chi connectivity index (χ3n) is 2.85. The standard InChI is InChI=1S/C15H28O7S/c1-14(16)23-13-15-12-21-9-8-19-5-4-17-2-3-18-6-7-20-10-11-22-15/h15H,2-13H2,1H3. The molecule has 1 atom stereocenters. The summed E-state index contributed by atoms with van der Waals surface area (Å²) in [6.07, 6.45) is -0.133. The number of carbonyl (C=O) groups is 1. The molecular formula is C15H28O7S. The summed E-state index contributed by atoms with van der Waals surface area (Å²) in [5, 5.41) is 0.0739. The topological polar surface area (TPSA) is 72.5 Å². The predicted molar refractivity (Wildman–Crippen MR) is 87.0 cm³/mol. The Kier molecular flexibility index (Phi) is 13.9. The highest BCUT2D eigenvalue weighted by atomic mass is 32.2. The molecule has 0 spiro atoms. The van der Waals surface area contributed by atoms with Crippen molar-refractivity contribution in [3.05, 3.63) is 0 Å². The smallest absolute Gasteiger partial charge is 0.185 e. The van der Waals surface area contributed by atoms with E-state index >= 15 is 0 Å². The van der Waals surface area contributed by atoms with Crippen LogP contribution in [-0.4, -0.2) is 89.6 Å². The zero-order valence-corrected chi connectivity index (χ0v) is 14.6. The Labute approximate surface area is 142 Å². The number of thioether (sulfide) groups is 1. The first kappa shape index (κ1) is 20.8. The van der Waals surface area contributed by atoms with E-state index in [4.69, 9.17) is 28.4 Å². The average molecular weight is 352 g/mol. The Balaban J connectivity index is 2.25. The van der Waals surface area contributed by atoms with Gasteiger partial charge in [0.15, 0.2) is 5.12 Å². The average Bonchev–Trinajstić information content (AvgIpc) is 2.53. The maximum Gasteiger partial charge on any atom is 0.185 e. The first-order valence-electron chi connectivity index (χ1n) is 7.92. The molecule has 136 valence electrons. The van der Waals surface area contributed by atoms with E-state index in [0.717, 1.165) is 0 Å². The Hall–Kier alpha value is -0.220. The zero-order valence-electron chi connectivity index (χ0n) is 13.8. The minimum Gasteiger partial charge on any atom is -0.377 e. The van der Waals surface area contributed by atoms with Gasteiger partial charge >= 0.3 is 0 Å². The van der Waals surface area contributed by atoms with Gasteiger partial charge in [-0.3, -0.25) is 4.79 Å². The number of ether oxygens (including phenoxy) is 6. The summed E-state index contributed by atoms with van der Waals surface area (Å²) in [5.41, 5.74) is 0. The molecule has 0 radical (unpaired) electrons. The van der Waals surface area contributed by atoms with Gasteiger partial charge in [0.2, 0.25) is 0 Å². The van der Waals surface area contributed by atoms with Crippen molar-refractivity contribution < 1.29 is 33.2 Å². The zero-order chi connectivity index (χ0) is 16.6. The first-order chi connectivity index (χ1) is 11.3. The molecule has 0 amide bonds. The fourth-order valence-corrected chi connectivity index (χ4v) is 2.34. The van der Waals surface area contributed by atoms with E-state index in [2.05, 4.69) is 0 Å². The summed E-state index contributed by atoms with van der Waals surface area (Å²) in [6.45, 7) is 7.17. The molecule has 1 unspecified atom stereocenters. The molecule has 1 fully saturated rings. The number of hydrogen-bond donors (Lipinski definition) is 0. The van der Waals surface area contributed by atoms with E-state index in [0.29, 0.717) is 78.4 Å². The molecule has 7 nitrogen and oxygen atoms in total. The summed E-state index contributed by atoms with van der Waals surface area (Å²) in [4.78, 5) is 11.1. The van der Waals surface area contributed by atoms with Crippen LogP contribution in [0.15, 0.2) is 0 Å². The van der Waals surface area contributed by atoms with Crippen LogP contribution in [0.5, 0.6) is 0 Å². The van der Waals surface area contributed by atoms with Gasteiger partial charge in [0.05, 0.1) is 78.8 Å². The van der Waals surface area contributed by atoms with Crippen LogP contribution in [0.4, 0.5) is 0 Å². The minimum atomic E-state index is -0.133. The maximum atomic E-state index is 11.1. The van der Waals surface area contributed by atoms with Gasteiger partial charge in [-0.25, -0.2) is 0 Å². The summed E-state index contributed by atoms with van der Waals surface area (Å²) in [5.74, 6) is 0.577. The molecule has 1 heterocycles. The van der Waals surface area contributed by atoms with Gasteiger partial charge in [-0.1, -0.05) is 11.8 Å². The lowest BCUT2D eigenvalue weighted by molar-refractivity contribution is -0.109. The molecular weight excluding hydrogens is 324 g/mol. The molecule has 8 heteroatoms. The second-order valence-electron chi connectivity index (χ2n) is 4.82. The Morgan fingerprint density at radius 2 is 1.22 bits per heavy atom. The van der Waals surface area contributed by atoms with E-state index < -0.39 is 0 Å². The first-order valence-corrected chi connectivity index (χ1v) is 8.91. The highest BCUT2D eigenvalue weighted by Gasteiger charge is 2.11. The van der Waals surface area contributed by atoms with Crippen molar-refractivity contribution in [3.8, 4) is 0 Å². The molecule has 0 bridgehead atoms. The maximum absolute atomic E-state index is 11.1. The Morgan fingerprint density at radius 3 is 1.70 bits per heavy atom. The van der Waals surface area contributed by atoms with Crippen molar-refractivity contribution in [3.63, 3.8) is 0 Å². The van der Waals surface area contributed by atoms with Crippen molar-refractivity contribution in [1.82, 2.24) is 0 Å². The van der Waals surface area contributed by atoms with Gasteiger partial charge < -0.3 is 28.4 Å². The Morgan fingerprint density at radius 1 is 0.783 bits per heavy atom. The van der Waals surface area contributed by atoms with E-state index in [-0.39, 0.29) is 11.2 Å². The van der Waals surface area contributed by atoms with E-state index in [1.54, 1.807) is 6.92 Å². The van der Waals surface area contributed by atoms with Crippen LogP contribution in [0.1, 0.15) is 6.92 Å². The van der Waals surface area contributed by atoms with Gasteiger partial charge in [-0.2, -0.15) is 0 Å². The van der Waals surface area contributed by atoms with Crippen molar-refractivity contribution in [2.75, 3.05) is 78.4 Å². The number of rotatable bonds is 2. The molecule has 1 saturated heterocycles. The Bertz CT molecular complexity index is 273. The SMILES string of the molecule is CC(=O)SCC1COCCOCCOCCOCCOCCO1. The van der Waals surface area contributed by atoms with Crippen LogP contribution in [0.2, 0.25) is 0 Å². The van der Waals surface area contributed by atoms with Crippen molar-refractivity contribution >= 4 is 16.9 Å². The van der Waals surface area contributed by atoms with Gasteiger partial charge in [-0.05, 0) is 0 Å². The second-order valence-corrected chi connectivity index (χ2v) is 6.02. The van der Waals surface area contributed by atoms with Gasteiger partial charge in [0.25, 0.3) is 0 Å². The van der Waals surface area contributed by atoms with Crippen LogP contribution < -0.4 is 0 Å². The minimum absolute atomic E-state index is 0.0739. The summed E-state index contributed by atoms with van der Waals surface area (Å²) < 4.78 is 32.8. The fraction of sp³-hybridized carbons (Fsp3) is 0.933. The van der Waals surface area contributed by atoms with Crippen molar-refractivity contribution in [2.24, 2.45) is 0 Å². The monoisotopic (exact) mass is 352 g/mol. The van der Waals surface area contributed by atoms with E-state index in [1.807, 2.05) is 0 Å². The summed E-state index contributed by atoms with van der Waals surface area (Å²) >= 11 is 1.24. The van der Waals surface area contributed by atoms with Gasteiger partial charge in [0, 0.05) is 12.7 Å². The van der Waals surface area contributed by atoms with Crippen molar-refractivity contribution in [2.45, 2.75) is 13.0 Å². The summed E-state index contributed by atoms with van der Waals surface area (Å²) in [6, 6.07) is 0. The molecule has 0 aromatic carbocycles. The van der Waals surface area contributed by atoms with Gasteiger partial charge in [0.1, 0.15) is 0 Å². The van der Waals surface area contributed by atoms with Crippen LogP contribution in [0, 0.1) is 0 Å². The molecule has 0 aliphatic carbocycles. The molecule has 1 aliphatic heterocycles. The molecule has 23 heavy (non-hydrogen) atoms. The molecule has 0 aromatic rings. The molecule has 0 N–H and O–H groups in total.